The number of piperazine rings is 1. The lowest BCUT2D eigenvalue weighted by Crippen LogP contribution is -2.52. The molecule has 122 valence electrons. The van der Waals surface area contributed by atoms with Crippen LogP contribution in [0.1, 0.15) is 20.3 Å². The monoisotopic (exact) mass is 305 g/mol. The van der Waals surface area contributed by atoms with Crippen molar-refractivity contribution >= 4 is 11.7 Å². The van der Waals surface area contributed by atoms with Gasteiger partial charge in [-0.15, -0.1) is 0 Å². The quantitative estimate of drug-likeness (QED) is 0.909. The Labute approximate surface area is 133 Å². The lowest BCUT2D eigenvalue weighted by molar-refractivity contribution is 0.194. The Morgan fingerprint density at radius 1 is 1.27 bits per heavy atom. The molecule has 2 rings (SSSR count). The molecule has 1 aromatic rings. The molecule has 22 heavy (non-hydrogen) atoms. The van der Waals surface area contributed by atoms with E-state index in [9.17, 15) is 4.79 Å². The zero-order valence-corrected chi connectivity index (χ0v) is 13.8. The van der Waals surface area contributed by atoms with Crippen LogP contribution in [0.4, 0.5) is 10.5 Å². The van der Waals surface area contributed by atoms with Gasteiger partial charge < -0.3 is 19.9 Å². The molecule has 0 aromatic heterocycles. The molecular weight excluding hydrogens is 278 g/mol. The van der Waals surface area contributed by atoms with Crippen molar-refractivity contribution in [3.05, 3.63) is 24.3 Å². The van der Waals surface area contributed by atoms with Crippen molar-refractivity contribution in [1.29, 1.82) is 0 Å². The molecule has 0 atom stereocenters. The Balaban J connectivity index is 1.81. The summed E-state index contributed by atoms with van der Waals surface area (Å²) < 4.78 is 5.27. The lowest BCUT2D eigenvalue weighted by atomic mass is 10.1. The molecule has 1 fully saturated rings. The summed E-state index contributed by atoms with van der Waals surface area (Å²) in [4.78, 5) is 16.3. The van der Waals surface area contributed by atoms with Gasteiger partial charge in [-0.3, -0.25) is 0 Å². The van der Waals surface area contributed by atoms with Crippen LogP contribution < -0.4 is 15.0 Å². The first-order valence-corrected chi connectivity index (χ1v) is 8.02. The van der Waals surface area contributed by atoms with E-state index in [0.717, 1.165) is 50.6 Å². The van der Waals surface area contributed by atoms with E-state index in [1.165, 1.54) is 0 Å². The molecule has 5 heteroatoms. The highest BCUT2D eigenvalue weighted by Gasteiger charge is 2.21. The van der Waals surface area contributed by atoms with Crippen molar-refractivity contribution in [2.45, 2.75) is 20.3 Å². The predicted octanol–water partition coefficient (Wildman–Crippen LogP) is 2.57. The van der Waals surface area contributed by atoms with Crippen molar-refractivity contribution in [3.63, 3.8) is 0 Å². The first-order valence-electron chi connectivity index (χ1n) is 8.02. The molecular formula is C17H27N3O2. The number of nitrogens with zero attached hydrogens (tertiary/aromatic N) is 2. The van der Waals surface area contributed by atoms with E-state index in [2.05, 4.69) is 30.1 Å². The third-order valence-corrected chi connectivity index (χ3v) is 3.98. The van der Waals surface area contributed by atoms with Crippen molar-refractivity contribution in [2.24, 2.45) is 5.92 Å². The minimum Gasteiger partial charge on any atom is -0.497 e. The highest BCUT2D eigenvalue weighted by Crippen LogP contribution is 2.22. The highest BCUT2D eigenvalue weighted by atomic mass is 16.5. The van der Waals surface area contributed by atoms with Gasteiger partial charge in [0, 0.05) is 44.5 Å². The van der Waals surface area contributed by atoms with Gasteiger partial charge in [-0.2, -0.15) is 0 Å². The number of benzene rings is 1. The maximum absolute atomic E-state index is 12.1. The van der Waals surface area contributed by atoms with Gasteiger partial charge in [0.05, 0.1) is 7.11 Å². The third-order valence-electron chi connectivity index (χ3n) is 3.98. The van der Waals surface area contributed by atoms with Crippen LogP contribution in [0.5, 0.6) is 5.75 Å². The van der Waals surface area contributed by atoms with Gasteiger partial charge in [-0.1, -0.05) is 19.9 Å². The number of ether oxygens (including phenoxy) is 1. The van der Waals surface area contributed by atoms with E-state index in [1.54, 1.807) is 7.11 Å². The second-order valence-electron chi connectivity index (χ2n) is 6.09. The van der Waals surface area contributed by atoms with Crippen molar-refractivity contribution in [3.8, 4) is 5.75 Å². The van der Waals surface area contributed by atoms with Crippen LogP contribution >= 0.6 is 0 Å². The zero-order chi connectivity index (χ0) is 15.9. The number of carbonyl (C=O) groups excluding carboxylic acids is 1. The van der Waals surface area contributed by atoms with Crippen molar-refractivity contribution < 1.29 is 9.53 Å². The van der Waals surface area contributed by atoms with Crippen LogP contribution in [0.15, 0.2) is 24.3 Å². The fourth-order valence-corrected chi connectivity index (χ4v) is 2.55. The molecule has 0 bridgehead atoms. The summed E-state index contributed by atoms with van der Waals surface area (Å²) >= 11 is 0. The van der Waals surface area contributed by atoms with Crippen molar-refractivity contribution in [2.75, 3.05) is 44.7 Å². The number of rotatable bonds is 5. The Kier molecular flexibility index (Phi) is 5.92. The van der Waals surface area contributed by atoms with Crippen LogP contribution in [0.25, 0.3) is 0 Å². The topological polar surface area (TPSA) is 44.8 Å². The molecule has 0 spiro atoms. The normalized spacial score (nSPS) is 15.1. The maximum Gasteiger partial charge on any atom is 0.317 e. The third kappa shape index (κ3) is 4.55. The van der Waals surface area contributed by atoms with Gasteiger partial charge >= 0.3 is 6.03 Å². The van der Waals surface area contributed by atoms with E-state index >= 15 is 0 Å². The molecule has 0 saturated carbocycles. The van der Waals surface area contributed by atoms with Crippen molar-refractivity contribution in [1.82, 2.24) is 10.2 Å². The maximum atomic E-state index is 12.1. The molecule has 1 aromatic carbocycles. The van der Waals surface area contributed by atoms with Crippen LogP contribution in [0, 0.1) is 5.92 Å². The molecule has 1 aliphatic rings. The van der Waals surface area contributed by atoms with Crippen LogP contribution in [-0.2, 0) is 0 Å². The largest absolute Gasteiger partial charge is 0.497 e. The van der Waals surface area contributed by atoms with Gasteiger partial charge in [-0.25, -0.2) is 4.79 Å². The molecule has 0 unspecified atom stereocenters. The molecule has 1 heterocycles. The predicted molar refractivity (Wildman–Crippen MR) is 89.6 cm³/mol. The van der Waals surface area contributed by atoms with Crippen LogP contribution in [0.2, 0.25) is 0 Å². The van der Waals surface area contributed by atoms with Gasteiger partial charge in [0.15, 0.2) is 0 Å². The summed E-state index contributed by atoms with van der Waals surface area (Å²) in [6.45, 7) is 8.30. The summed E-state index contributed by atoms with van der Waals surface area (Å²) in [6, 6.07) is 8.13. The summed E-state index contributed by atoms with van der Waals surface area (Å²) in [5, 5.41) is 3.01. The molecule has 1 saturated heterocycles. The smallest absolute Gasteiger partial charge is 0.317 e. The SMILES string of the molecule is COc1cccc(N2CCN(C(=O)NCCC(C)C)CC2)c1. The van der Waals surface area contributed by atoms with Gasteiger partial charge in [-0.05, 0) is 24.5 Å². The number of hydrogen-bond donors (Lipinski definition) is 1. The average molecular weight is 305 g/mol. The van der Waals surface area contributed by atoms with E-state index in [1.807, 2.05) is 23.1 Å². The van der Waals surface area contributed by atoms with E-state index in [0.29, 0.717) is 5.92 Å². The summed E-state index contributed by atoms with van der Waals surface area (Å²) in [5.74, 6) is 1.48. The summed E-state index contributed by atoms with van der Waals surface area (Å²) in [6.07, 6.45) is 1.02. The Morgan fingerprint density at radius 2 is 2.00 bits per heavy atom. The summed E-state index contributed by atoms with van der Waals surface area (Å²) in [7, 11) is 1.68. The molecule has 5 nitrogen and oxygen atoms in total. The fraction of sp³-hybridized carbons (Fsp3) is 0.588. The van der Waals surface area contributed by atoms with E-state index in [4.69, 9.17) is 4.74 Å². The first-order chi connectivity index (χ1) is 10.6. The number of amides is 2. The van der Waals surface area contributed by atoms with Gasteiger partial charge in [0.2, 0.25) is 0 Å². The number of methoxy groups -OCH3 is 1. The molecule has 1 N–H and O–H groups in total. The number of anilines is 1. The van der Waals surface area contributed by atoms with E-state index in [-0.39, 0.29) is 6.03 Å². The lowest BCUT2D eigenvalue weighted by Gasteiger charge is -2.36. The Morgan fingerprint density at radius 3 is 2.64 bits per heavy atom. The number of nitrogens with one attached hydrogen (secondary N) is 1. The molecule has 0 radical (unpaired) electrons. The second-order valence-corrected chi connectivity index (χ2v) is 6.09. The zero-order valence-electron chi connectivity index (χ0n) is 13.8. The van der Waals surface area contributed by atoms with Crippen LogP contribution in [0.3, 0.4) is 0 Å². The highest BCUT2D eigenvalue weighted by molar-refractivity contribution is 5.74. The van der Waals surface area contributed by atoms with Gasteiger partial charge in [0.1, 0.15) is 5.75 Å². The molecule has 2 amide bonds. The first kappa shape index (κ1) is 16.5. The number of hydrogen-bond acceptors (Lipinski definition) is 3. The number of carbonyl (C=O) groups is 1. The molecule has 0 aliphatic carbocycles. The second kappa shape index (κ2) is 7.92. The summed E-state index contributed by atoms with van der Waals surface area (Å²) in [5.41, 5.74) is 1.15. The Bertz CT molecular complexity index is 483. The van der Waals surface area contributed by atoms with Crippen LogP contribution in [-0.4, -0.2) is 50.8 Å². The van der Waals surface area contributed by atoms with Gasteiger partial charge in [0.25, 0.3) is 0 Å². The molecule has 1 aliphatic heterocycles. The Hall–Kier alpha value is -1.91. The number of urea groups is 1. The average Bonchev–Trinajstić information content (AvgIpc) is 2.54. The minimum atomic E-state index is 0.0611. The fourth-order valence-electron chi connectivity index (χ4n) is 2.55. The minimum absolute atomic E-state index is 0.0611. The standard InChI is InChI=1S/C17H27N3O2/c1-14(2)7-8-18-17(21)20-11-9-19(10-12-20)15-5-4-6-16(13-15)22-3/h4-6,13-14H,7-12H2,1-3H3,(H,18,21). The van der Waals surface area contributed by atoms with E-state index < -0.39 is 0 Å².